The molecule has 1 aromatic carbocycles. The lowest BCUT2D eigenvalue weighted by atomic mass is 10.2. The van der Waals surface area contributed by atoms with Crippen molar-refractivity contribution in [2.24, 2.45) is 0 Å². The van der Waals surface area contributed by atoms with Gasteiger partial charge < -0.3 is 11.1 Å². The van der Waals surface area contributed by atoms with Gasteiger partial charge in [-0.05, 0) is 12.5 Å². The van der Waals surface area contributed by atoms with Crippen molar-refractivity contribution < 1.29 is 4.39 Å². The fourth-order valence-corrected chi connectivity index (χ4v) is 1.28. The first-order chi connectivity index (χ1) is 6.65. The summed E-state index contributed by atoms with van der Waals surface area (Å²) in [5.74, 6) is -0.481. The molecule has 4 heteroatoms. The molecular weight excluding hydrogens is 203 g/mol. The molecule has 0 heterocycles. The molecule has 0 saturated heterocycles. The minimum Gasteiger partial charge on any atom is -0.397 e. The standard InChI is InChI=1S/C10H14ClFN2/c1-2-3-4-14-10-5-7(11)8(12)6-9(10)13/h5-6,14H,2-4,13H2,1H3. The third-order valence-electron chi connectivity index (χ3n) is 1.94. The smallest absolute Gasteiger partial charge is 0.143 e. The Balaban J connectivity index is 2.72. The predicted molar refractivity (Wildman–Crippen MR) is 59.2 cm³/mol. The van der Waals surface area contributed by atoms with E-state index in [9.17, 15) is 4.39 Å². The summed E-state index contributed by atoms with van der Waals surface area (Å²) >= 11 is 5.63. The third-order valence-corrected chi connectivity index (χ3v) is 2.23. The topological polar surface area (TPSA) is 38.0 Å². The van der Waals surface area contributed by atoms with E-state index < -0.39 is 5.82 Å². The second kappa shape index (κ2) is 5.05. The Hall–Kier alpha value is -0.960. The minimum absolute atomic E-state index is 0.0956. The highest BCUT2D eigenvalue weighted by atomic mass is 35.5. The summed E-state index contributed by atoms with van der Waals surface area (Å²) in [4.78, 5) is 0. The number of unbranched alkanes of at least 4 members (excludes halogenated alkanes) is 1. The highest BCUT2D eigenvalue weighted by Gasteiger charge is 2.05. The van der Waals surface area contributed by atoms with E-state index in [1.54, 1.807) is 0 Å². The number of benzene rings is 1. The first kappa shape index (κ1) is 11.1. The van der Waals surface area contributed by atoms with E-state index >= 15 is 0 Å². The highest BCUT2D eigenvalue weighted by Crippen LogP contribution is 2.26. The quantitative estimate of drug-likeness (QED) is 0.599. The van der Waals surface area contributed by atoms with Crippen LogP contribution in [0.5, 0.6) is 0 Å². The molecule has 1 rings (SSSR count). The van der Waals surface area contributed by atoms with Gasteiger partial charge in [-0.3, -0.25) is 0 Å². The van der Waals surface area contributed by atoms with E-state index in [2.05, 4.69) is 12.2 Å². The van der Waals surface area contributed by atoms with Crippen molar-refractivity contribution in [2.75, 3.05) is 17.6 Å². The van der Waals surface area contributed by atoms with Gasteiger partial charge in [0.15, 0.2) is 0 Å². The van der Waals surface area contributed by atoms with Crippen LogP contribution in [0.1, 0.15) is 19.8 Å². The Labute approximate surface area is 88.2 Å². The van der Waals surface area contributed by atoms with Crippen molar-refractivity contribution in [1.82, 2.24) is 0 Å². The second-order valence-electron chi connectivity index (χ2n) is 3.13. The fourth-order valence-electron chi connectivity index (χ4n) is 1.12. The summed E-state index contributed by atoms with van der Waals surface area (Å²) in [7, 11) is 0. The van der Waals surface area contributed by atoms with Crippen LogP contribution < -0.4 is 11.1 Å². The zero-order valence-corrected chi connectivity index (χ0v) is 8.87. The average Bonchev–Trinajstić information content (AvgIpc) is 2.14. The van der Waals surface area contributed by atoms with Crippen LogP contribution in [0.3, 0.4) is 0 Å². The Morgan fingerprint density at radius 3 is 2.86 bits per heavy atom. The van der Waals surface area contributed by atoms with Gasteiger partial charge in [0, 0.05) is 12.6 Å². The number of anilines is 2. The summed E-state index contributed by atoms with van der Waals surface area (Å²) in [6.07, 6.45) is 2.15. The summed E-state index contributed by atoms with van der Waals surface area (Å²) in [5.41, 5.74) is 6.70. The van der Waals surface area contributed by atoms with Gasteiger partial charge in [0.05, 0.1) is 16.4 Å². The van der Waals surface area contributed by atoms with Gasteiger partial charge in [0.2, 0.25) is 0 Å². The van der Waals surface area contributed by atoms with Gasteiger partial charge in [0.1, 0.15) is 5.82 Å². The maximum absolute atomic E-state index is 12.9. The molecule has 0 fully saturated rings. The lowest BCUT2D eigenvalue weighted by Crippen LogP contribution is -2.04. The molecule has 0 amide bonds. The molecule has 0 spiro atoms. The van der Waals surface area contributed by atoms with Crippen LogP contribution in [0, 0.1) is 5.82 Å². The normalized spacial score (nSPS) is 10.2. The van der Waals surface area contributed by atoms with Crippen LogP contribution in [-0.4, -0.2) is 6.54 Å². The molecule has 0 aromatic heterocycles. The summed E-state index contributed by atoms with van der Waals surface area (Å²) in [5, 5.41) is 3.20. The molecule has 0 unspecified atom stereocenters. The van der Waals surface area contributed by atoms with E-state index in [4.69, 9.17) is 17.3 Å². The molecule has 0 aliphatic rings. The van der Waals surface area contributed by atoms with Crippen molar-refractivity contribution in [3.8, 4) is 0 Å². The maximum Gasteiger partial charge on any atom is 0.143 e. The largest absolute Gasteiger partial charge is 0.397 e. The number of nitrogens with two attached hydrogens (primary N) is 1. The van der Waals surface area contributed by atoms with E-state index in [1.165, 1.54) is 12.1 Å². The lowest BCUT2D eigenvalue weighted by Gasteiger charge is -2.09. The zero-order chi connectivity index (χ0) is 10.6. The first-order valence-electron chi connectivity index (χ1n) is 4.63. The van der Waals surface area contributed by atoms with Gasteiger partial charge in [-0.15, -0.1) is 0 Å². The molecule has 0 aliphatic heterocycles. The van der Waals surface area contributed by atoms with Crippen molar-refractivity contribution >= 4 is 23.0 Å². The highest BCUT2D eigenvalue weighted by molar-refractivity contribution is 6.31. The van der Waals surface area contributed by atoms with Gasteiger partial charge in [-0.2, -0.15) is 0 Å². The number of nitrogen functional groups attached to an aromatic ring is 1. The Bertz CT molecular complexity index is 315. The molecule has 1 aromatic rings. The lowest BCUT2D eigenvalue weighted by molar-refractivity contribution is 0.629. The van der Waals surface area contributed by atoms with Crippen LogP contribution in [0.15, 0.2) is 12.1 Å². The molecule has 0 bridgehead atoms. The SMILES string of the molecule is CCCCNc1cc(Cl)c(F)cc1N. The second-order valence-corrected chi connectivity index (χ2v) is 3.54. The maximum atomic E-state index is 12.9. The molecule has 0 saturated carbocycles. The van der Waals surface area contributed by atoms with Crippen LogP contribution in [0.2, 0.25) is 5.02 Å². The number of hydrogen-bond acceptors (Lipinski definition) is 2. The molecule has 0 atom stereocenters. The summed E-state index contributed by atoms with van der Waals surface area (Å²) in [6, 6.07) is 2.75. The van der Waals surface area contributed by atoms with E-state index in [0.717, 1.165) is 19.4 Å². The molecular formula is C10H14ClFN2. The van der Waals surface area contributed by atoms with Gasteiger partial charge in [-0.1, -0.05) is 24.9 Å². The Kier molecular flexibility index (Phi) is 4.01. The van der Waals surface area contributed by atoms with Crippen LogP contribution >= 0.6 is 11.6 Å². The number of halogens is 2. The van der Waals surface area contributed by atoms with E-state index in [1.807, 2.05) is 0 Å². The molecule has 2 nitrogen and oxygen atoms in total. The monoisotopic (exact) mass is 216 g/mol. The molecule has 14 heavy (non-hydrogen) atoms. The van der Waals surface area contributed by atoms with Gasteiger partial charge in [0.25, 0.3) is 0 Å². The number of rotatable bonds is 4. The van der Waals surface area contributed by atoms with Crippen molar-refractivity contribution in [3.63, 3.8) is 0 Å². The number of hydrogen-bond donors (Lipinski definition) is 2. The fraction of sp³-hybridized carbons (Fsp3) is 0.400. The average molecular weight is 217 g/mol. The van der Waals surface area contributed by atoms with Crippen molar-refractivity contribution in [1.29, 1.82) is 0 Å². The summed E-state index contributed by atoms with van der Waals surface area (Å²) < 4.78 is 12.9. The van der Waals surface area contributed by atoms with Crippen LogP contribution in [-0.2, 0) is 0 Å². The minimum atomic E-state index is -0.481. The zero-order valence-electron chi connectivity index (χ0n) is 8.11. The Morgan fingerprint density at radius 2 is 2.21 bits per heavy atom. The molecule has 78 valence electrons. The van der Waals surface area contributed by atoms with Crippen LogP contribution in [0.4, 0.5) is 15.8 Å². The summed E-state index contributed by atoms with van der Waals surface area (Å²) in [6.45, 7) is 2.92. The third kappa shape index (κ3) is 2.77. The molecule has 0 radical (unpaired) electrons. The van der Waals surface area contributed by atoms with Crippen LogP contribution in [0.25, 0.3) is 0 Å². The predicted octanol–water partition coefficient (Wildman–Crippen LogP) is 3.27. The molecule has 3 N–H and O–H groups in total. The van der Waals surface area contributed by atoms with Gasteiger partial charge >= 0.3 is 0 Å². The first-order valence-corrected chi connectivity index (χ1v) is 5.01. The van der Waals surface area contributed by atoms with E-state index in [-0.39, 0.29) is 5.02 Å². The van der Waals surface area contributed by atoms with Crippen molar-refractivity contribution in [3.05, 3.63) is 23.0 Å². The van der Waals surface area contributed by atoms with Crippen molar-refractivity contribution in [2.45, 2.75) is 19.8 Å². The van der Waals surface area contributed by atoms with Gasteiger partial charge in [-0.25, -0.2) is 4.39 Å². The number of nitrogens with one attached hydrogen (secondary N) is 1. The van der Waals surface area contributed by atoms with E-state index in [0.29, 0.717) is 11.4 Å². The molecule has 0 aliphatic carbocycles. The Morgan fingerprint density at radius 1 is 1.50 bits per heavy atom.